The Labute approximate surface area is 141 Å². The van der Waals surface area contributed by atoms with Crippen molar-refractivity contribution in [3.8, 4) is 0 Å². The van der Waals surface area contributed by atoms with Gasteiger partial charge < -0.3 is 9.88 Å². The van der Waals surface area contributed by atoms with Crippen LogP contribution in [0.4, 0.5) is 0 Å². The van der Waals surface area contributed by atoms with E-state index in [1.165, 1.54) is 11.6 Å². The lowest BCUT2D eigenvalue weighted by atomic mass is 10.1. The highest BCUT2D eigenvalue weighted by Gasteiger charge is 2.10. The fourth-order valence-corrected chi connectivity index (χ4v) is 2.82. The van der Waals surface area contributed by atoms with Gasteiger partial charge in [-0.05, 0) is 30.2 Å². The summed E-state index contributed by atoms with van der Waals surface area (Å²) in [4.78, 5) is 16.0. The Morgan fingerprint density at radius 1 is 1.08 bits per heavy atom. The van der Waals surface area contributed by atoms with Gasteiger partial charge in [-0.15, -0.1) is 0 Å². The first kappa shape index (κ1) is 16.0. The molecule has 0 bridgehead atoms. The summed E-state index contributed by atoms with van der Waals surface area (Å²) in [5, 5.41) is 2.82. The van der Waals surface area contributed by atoms with Crippen molar-refractivity contribution in [2.45, 2.75) is 19.4 Å². The summed E-state index contributed by atoms with van der Waals surface area (Å²) in [7, 11) is 0. The molecule has 0 unspecified atom stereocenters. The molecule has 0 atom stereocenters. The second-order valence-corrected chi connectivity index (χ2v) is 5.65. The third kappa shape index (κ3) is 3.71. The van der Waals surface area contributed by atoms with E-state index in [0.29, 0.717) is 13.0 Å². The number of rotatable bonds is 7. The van der Waals surface area contributed by atoms with Crippen molar-refractivity contribution in [1.82, 2.24) is 14.9 Å². The van der Waals surface area contributed by atoms with Gasteiger partial charge in [0.05, 0.1) is 11.0 Å². The third-order valence-electron chi connectivity index (χ3n) is 4.03. The van der Waals surface area contributed by atoms with E-state index in [2.05, 4.69) is 46.8 Å². The number of hydrogen-bond donors (Lipinski definition) is 1. The van der Waals surface area contributed by atoms with Crippen molar-refractivity contribution in [2.24, 2.45) is 0 Å². The predicted molar refractivity (Wildman–Crippen MR) is 96.8 cm³/mol. The first-order chi connectivity index (χ1) is 11.8. The molecular weight excluding hydrogens is 298 g/mol. The van der Waals surface area contributed by atoms with E-state index in [1.54, 1.807) is 0 Å². The molecule has 0 saturated carbocycles. The van der Waals surface area contributed by atoms with Crippen LogP contribution in [0.3, 0.4) is 0 Å². The van der Waals surface area contributed by atoms with Gasteiger partial charge in [-0.3, -0.25) is 4.79 Å². The molecule has 4 nitrogen and oxygen atoms in total. The standard InChI is InChI=1S/C20H21N3O/c1-2-20(24)21-14-12-19-22-17-10-6-7-11-18(17)23(19)15-13-16-8-4-3-5-9-16/h2-11H,1,12-15H2,(H,21,24). The van der Waals surface area contributed by atoms with Crippen LogP contribution in [-0.4, -0.2) is 22.0 Å². The molecular formula is C20H21N3O. The minimum absolute atomic E-state index is 0.151. The molecule has 2 aromatic carbocycles. The van der Waals surface area contributed by atoms with Gasteiger partial charge in [-0.25, -0.2) is 4.98 Å². The molecule has 0 fully saturated rings. The first-order valence-electron chi connectivity index (χ1n) is 8.16. The summed E-state index contributed by atoms with van der Waals surface area (Å²) in [6, 6.07) is 18.6. The minimum atomic E-state index is -0.151. The molecule has 4 heteroatoms. The predicted octanol–water partition coefficient (Wildman–Crippen LogP) is 3.12. The number of para-hydroxylation sites is 2. The van der Waals surface area contributed by atoms with Crippen LogP contribution in [0.1, 0.15) is 11.4 Å². The van der Waals surface area contributed by atoms with E-state index >= 15 is 0 Å². The van der Waals surface area contributed by atoms with Crippen molar-refractivity contribution in [2.75, 3.05) is 6.54 Å². The maximum atomic E-state index is 11.3. The van der Waals surface area contributed by atoms with Crippen LogP contribution in [0, 0.1) is 0 Å². The summed E-state index contributed by atoms with van der Waals surface area (Å²) in [6.45, 7) is 4.89. The van der Waals surface area contributed by atoms with Crippen LogP contribution in [0.15, 0.2) is 67.3 Å². The van der Waals surface area contributed by atoms with Crippen LogP contribution in [0.2, 0.25) is 0 Å². The normalized spacial score (nSPS) is 10.7. The van der Waals surface area contributed by atoms with E-state index < -0.39 is 0 Å². The minimum Gasteiger partial charge on any atom is -0.352 e. The maximum Gasteiger partial charge on any atom is 0.243 e. The van der Waals surface area contributed by atoms with E-state index in [0.717, 1.165) is 29.8 Å². The molecule has 1 heterocycles. The molecule has 0 aliphatic rings. The van der Waals surface area contributed by atoms with Gasteiger partial charge in [0.15, 0.2) is 0 Å². The largest absolute Gasteiger partial charge is 0.352 e. The molecule has 0 saturated heterocycles. The van der Waals surface area contributed by atoms with Crippen molar-refractivity contribution < 1.29 is 4.79 Å². The Hall–Kier alpha value is -2.88. The second kappa shape index (κ2) is 7.59. The number of carbonyl (C=O) groups is 1. The lowest BCUT2D eigenvalue weighted by Gasteiger charge is -2.10. The summed E-state index contributed by atoms with van der Waals surface area (Å²) >= 11 is 0. The van der Waals surface area contributed by atoms with E-state index in [1.807, 2.05) is 24.3 Å². The quantitative estimate of drug-likeness (QED) is 0.680. The molecule has 0 radical (unpaired) electrons. The van der Waals surface area contributed by atoms with E-state index in [9.17, 15) is 4.79 Å². The second-order valence-electron chi connectivity index (χ2n) is 5.65. The third-order valence-corrected chi connectivity index (χ3v) is 4.03. The molecule has 3 rings (SSSR count). The highest BCUT2D eigenvalue weighted by atomic mass is 16.1. The van der Waals surface area contributed by atoms with Crippen LogP contribution >= 0.6 is 0 Å². The monoisotopic (exact) mass is 319 g/mol. The number of benzene rings is 2. The lowest BCUT2D eigenvalue weighted by molar-refractivity contribution is -0.116. The number of aromatic nitrogens is 2. The molecule has 1 amide bonds. The average molecular weight is 319 g/mol. The Morgan fingerprint density at radius 3 is 2.62 bits per heavy atom. The topological polar surface area (TPSA) is 46.9 Å². The van der Waals surface area contributed by atoms with E-state index in [-0.39, 0.29) is 5.91 Å². The molecule has 122 valence electrons. The highest BCUT2D eigenvalue weighted by Crippen LogP contribution is 2.17. The molecule has 0 spiro atoms. The number of imidazole rings is 1. The number of carbonyl (C=O) groups excluding carboxylic acids is 1. The SMILES string of the molecule is C=CC(=O)NCCc1nc2ccccc2n1CCc1ccccc1. The zero-order valence-corrected chi connectivity index (χ0v) is 13.6. The average Bonchev–Trinajstić information content (AvgIpc) is 2.98. The molecule has 24 heavy (non-hydrogen) atoms. The highest BCUT2D eigenvalue weighted by molar-refractivity contribution is 5.86. The van der Waals surface area contributed by atoms with Gasteiger partial charge in [0, 0.05) is 19.5 Å². The van der Waals surface area contributed by atoms with Crippen LogP contribution < -0.4 is 5.32 Å². The number of nitrogens with zero attached hydrogens (tertiary/aromatic N) is 2. The number of amides is 1. The van der Waals surface area contributed by atoms with Gasteiger partial charge in [0.2, 0.25) is 5.91 Å². The Balaban J connectivity index is 1.79. The molecule has 1 aromatic heterocycles. The van der Waals surface area contributed by atoms with Crippen molar-refractivity contribution >= 4 is 16.9 Å². The summed E-state index contributed by atoms with van der Waals surface area (Å²) in [5.74, 6) is 0.846. The van der Waals surface area contributed by atoms with Crippen LogP contribution in [-0.2, 0) is 24.2 Å². The Bertz CT molecular complexity index is 836. The van der Waals surface area contributed by atoms with Crippen molar-refractivity contribution in [3.63, 3.8) is 0 Å². The summed E-state index contributed by atoms with van der Waals surface area (Å²) in [5.41, 5.74) is 3.44. The zero-order valence-electron chi connectivity index (χ0n) is 13.6. The van der Waals surface area contributed by atoms with Crippen molar-refractivity contribution in [3.05, 3.63) is 78.6 Å². The van der Waals surface area contributed by atoms with Gasteiger partial charge in [-0.1, -0.05) is 49.0 Å². The number of nitrogens with one attached hydrogen (secondary N) is 1. The van der Waals surface area contributed by atoms with Crippen LogP contribution in [0.25, 0.3) is 11.0 Å². The van der Waals surface area contributed by atoms with Gasteiger partial charge in [0.1, 0.15) is 5.82 Å². The van der Waals surface area contributed by atoms with E-state index in [4.69, 9.17) is 4.98 Å². The van der Waals surface area contributed by atoms with Crippen molar-refractivity contribution in [1.29, 1.82) is 0 Å². The van der Waals surface area contributed by atoms with Crippen LogP contribution in [0.5, 0.6) is 0 Å². The molecule has 1 N–H and O–H groups in total. The Kier molecular flexibility index (Phi) is 5.06. The summed E-state index contributed by atoms with van der Waals surface area (Å²) in [6.07, 6.45) is 2.94. The fraction of sp³-hybridized carbons (Fsp3) is 0.200. The van der Waals surface area contributed by atoms with Gasteiger partial charge >= 0.3 is 0 Å². The Morgan fingerprint density at radius 2 is 1.83 bits per heavy atom. The lowest BCUT2D eigenvalue weighted by Crippen LogP contribution is -2.24. The first-order valence-corrected chi connectivity index (χ1v) is 8.16. The number of fused-ring (bicyclic) bond motifs is 1. The maximum absolute atomic E-state index is 11.3. The smallest absolute Gasteiger partial charge is 0.243 e. The molecule has 0 aliphatic carbocycles. The fourth-order valence-electron chi connectivity index (χ4n) is 2.82. The van der Waals surface area contributed by atoms with Gasteiger partial charge in [-0.2, -0.15) is 0 Å². The zero-order chi connectivity index (χ0) is 16.8. The summed E-state index contributed by atoms with van der Waals surface area (Å²) < 4.78 is 2.25. The molecule has 0 aliphatic heterocycles. The molecule has 3 aromatic rings. The number of hydrogen-bond acceptors (Lipinski definition) is 2. The van der Waals surface area contributed by atoms with Gasteiger partial charge in [0.25, 0.3) is 0 Å². The number of aryl methyl sites for hydroxylation is 2.